The maximum Gasteiger partial charge on any atom is 0.237 e. The minimum atomic E-state index is -0.295. The molecule has 2 N–H and O–H groups in total. The van der Waals surface area contributed by atoms with E-state index in [9.17, 15) is 4.79 Å². The standard InChI is InChI=1S/C22H27N5OS/c1-14-9-6-7-12-18(14)24-21(28)17(4)29-22-26-25-19(27(22)5)13-23-20-15(2)10-8-11-16(20)3/h6-12,17,23H,13H2,1-5H3,(H,24,28). The van der Waals surface area contributed by atoms with E-state index in [1.807, 2.05) is 49.7 Å². The first kappa shape index (κ1) is 20.9. The van der Waals surface area contributed by atoms with Crippen LogP contribution in [0.3, 0.4) is 0 Å². The molecule has 1 aromatic heterocycles. The Morgan fingerprint density at radius 1 is 1.03 bits per heavy atom. The van der Waals surface area contributed by atoms with Gasteiger partial charge in [-0.3, -0.25) is 4.79 Å². The van der Waals surface area contributed by atoms with Gasteiger partial charge in [0, 0.05) is 18.4 Å². The molecule has 1 amide bonds. The molecule has 0 bridgehead atoms. The second-order valence-corrected chi connectivity index (χ2v) is 8.45. The Labute approximate surface area is 176 Å². The van der Waals surface area contributed by atoms with Gasteiger partial charge >= 0.3 is 0 Å². The highest BCUT2D eigenvalue weighted by molar-refractivity contribution is 8.00. The van der Waals surface area contributed by atoms with Gasteiger partial charge in [-0.15, -0.1) is 10.2 Å². The van der Waals surface area contributed by atoms with Gasteiger partial charge in [0.15, 0.2) is 11.0 Å². The van der Waals surface area contributed by atoms with Gasteiger partial charge in [0.05, 0.1) is 11.8 Å². The normalized spacial score (nSPS) is 11.9. The number of nitrogens with one attached hydrogen (secondary N) is 2. The summed E-state index contributed by atoms with van der Waals surface area (Å²) in [6, 6.07) is 14.0. The fourth-order valence-corrected chi connectivity index (χ4v) is 3.86. The van der Waals surface area contributed by atoms with E-state index >= 15 is 0 Å². The van der Waals surface area contributed by atoms with Gasteiger partial charge in [-0.2, -0.15) is 0 Å². The Balaban J connectivity index is 1.63. The first-order valence-electron chi connectivity index (χ1n) is 9.58. The van der Waals surface area contributed by atoms with Crippen molar-refractivity contribution in [1.29, 1.82) is 0 Å². The summed E-state index contributed by atoms with van der Waals surface area (Å²) in [6.45, 7) is 8.59. The molecule has 0 aliphatic carbocycles. The first-order valence-corrected chi connectivity index (χ1v) is 10.5. The predicted molar refractivity (Wildman–Crippen MR) is 119 cm³/mol. The van der Waals surface area contributed by atoms with Gasteiger partial charge < -0.3 is 15.2 Å². The Kier molecular flexibility index (Phi) is 6.59. The van der Waals surface area contributed by atoms with Crippen LogP contribution in [-0.4, -0.2) is 25.9 Å². The van der Waals surface area contributed by atoms with Crippen molar-refractivity contribution in [3.05, 3.63) is 65.0 Å². The number of carbonyl (C=O) groups excluding carboxylic acids is 1. The molecule has 0 saturated heterocycles. The molecule has 1 atom stereocenters. The lowest BCUT2D eigenvalue weighted by Gasteiger charge is -2.14. The number of anilines is 2. The van der Waals surface area contributed by atoms with Gasteiger partial charge in [-0.1, -0.05) is 48.2 Å². The molecular weight excluding hydrogens is 382 g/mol. The predicted octanol–water partition coefficient (Wildman–Crippen LogP) is 4.47. The minimum absolute atomic E-state index is 0.0532. The fourth-order valence-electron chi connectivity index (χ4n) is 3.02. The van der Waals surface area contributed by atoms with Gasteiger partial charge in [-0.05, 0) is 50.5 Å². The molecule has 3 rings (SSSR count). The van der Waals surface area contributed by atoms with Crippen molar-refractivity contribution in [2.45, 2.75) is 44.6 Å². The Bertz CT molecular complexity index is 994. The van der Waals surface area contributed by atoms with Crippen LogP contribution in [0.15, 0.2) is 47.6 Å². The lowest BCUT2D eigenvalue weighted by molar-refractivity contribution is -0.115. The quantitative estimate of drug-likeness (QED) is 0.563. The summed E-state index contributed by atoms with van der Waals surface area (Å²) < 4.78 is 1.93. The molecule has 29 heavy (non-hydrogen) atoms. The number of nitrogens with zero attached hydrogens (tertiary/aromatic N) is 3. The van der Waals surface area contributed by atoms with E-state index in [2.05, 4.69) is 52.9 Å². The SMILES string of the molecule is Cc1ccccc1NC(=O)C(C)Sc1nnc(CNc2c(C)cccc2C)n1C. The van der Waals surface area contributed by atoms with Crippen molar-refractivity contribution in [1.82, 2.24) is 14.8 Å². The number of amides is 1. The van der Waals surface area contributed by atoms with Crippen LogP contribution in [0, 0.1) is 20.8 Å². The van der Waals surface area contributed by atoms with Crippen LogP contribution < -0.4 is 10.6 Å². The van der Waals surface area contributed by atoms with E-state index < -0.39 is 0 Å². The third kappa shape index (κ3) is 4.98. The van der Waals surface area contributed by atoms with E-state index in [4.69, 9.17) is 0 Å². The molecule has 3 aromatic rings. The zero-order chi connectivity index (χ0) is 21.0. The smallest absolute Gasteiger partial charge is 0.237 e. The third-order valence-corrected chi connectivity index (χ3v) is 6.02. The molecule has 0 aliphatic rings. The Hall–Kier alpha value is -2.80. The highest BCUT2D eigenvalue weighted by atomic mass is 32.2. The van der Waals surface area contributed by atoms with E-state index in [0.29, 0.717) is 6.54 Å². The van der Waals surface area contributed by atoms with Crippen LogP contribution in [0.4, 0.5) is 11.4 Å². The maximum absolute atomic E-state index is 12.6. The Morgan fingerprint density at radius 2 is 1.69 bits per heavy atom. The van der Waals surface area contributed by atoms with E-state index in [1.165, 1.54) is 22.9 Å². The molecule has 1 heterocycles. The molecule has 0 aliphatic heterocycles. The first-order chi connectivity index (χ1) is 13.9. The van der Waals surface area contributed by atoms with Gasteiger partial charge in [0.2, 0.25) is 5.91 Å². The lowest BCUT2D eigenvalue weighted by Crippen LogP contribution is -2.23. The number of aromatic nitrogens is 3. The third-order valence-electron chi connectivity index (χ3n) is 4.88. The van der Waals surface area contributed by atoms with Crippen molar-refractivity contribution in [3.63, 3.8) is 0 Å². The molecular formula is C22H27N5OS. The molecule has 2 aromatic carbocycles. The lowest BCUT2D eigenvalue weighted by atomic mass is 10.1. The largest absolute Gasteiger partial charge is 0.377 e. The van der Waals surface area contributed by atoms with E-state index in [1.54, 1.807) is 0 Å². The summed E-state index contributed by atoms with van der Waals surface area (Å²) in [5, 5.41) is 15.4. The van der Waals surface area contributed by atoms with Crippen LogP contribution >= 0.6 is 11.8 Å². The van der Waals surface area contributed by atoms with Gasteiger partial charge in [-0.25, -0.2) is 0 Å². The summed E-state index contributed by atoms with van der Waals surface area (Å²) in [6.07, 6.45) is 0. The number of carbonyl (C=O) groups is 1. The van der Waals surface area contributed by atoms with Crippen LogP contribution in [0.1, 0.15) is 29.4 Å². The molecule has 0 saturated carbocycles. The van der Waals surface area contributed by atoms with Crippen molar-refractivity contribution in [3.8, 4) is 0 Å². The number of rotatable bonds is 7. The molecule has 0 radical (unpaired) electrons. The van der Waals surface area contributed by atoms with E-state index in [-0.39, 0.29) is 11.2 Å². The van der Waals surface area contributed by atoms with Crippen LogP contribution in [0.25, 0.3) is 0 Å². The number of para-hydroxylation sites is 2. The second kappa shape index (κ2) is 9.13. The molecule has 0 spiro atoms. The van der Waals surface area contributed by atoms with Crippen LogP contribution in [0.5, 0.6) is 0 Å². The second-order valence-electron chi connectivity index (χ2n) is 7.14. The monoisotopic (exact) mass is 409 g/mol. The zero-order valence-corrected chi connectivity index (χ0v) is 18.3. The van der Waals surface area contributed by atoms with Crippen LogP contribution in [0.2, 0.25) is 0 Å². The topological polar surface area (TPSA) is 71.8 Å². The fraction of sp³-hybridized carbons (Fsp3) is 0.318. The molecule has 1 unspecified atom stereocenters. The average molecular weight is 410 g/mol. The minimum Gasteiger partial charge on any atom is -0.377 e. The Morgan fingerprint density at radius 3 is 2.38 bits per heavy atom. The number of benzene rings is 2. The van der Waals surface area contributed by atoms with E-state index in [0.717, 1.165) is 27.9 Å². The highest BCUT2D eigenvalue weighted by Crippen LogP contribution is 2.24. The van der Waals surface area contributed by atoms with Crippen molar-refractivity contribution in [2.24, 2.45) is 7.05 Å². The summed E-state index contributed by atoms with van der Waals surface area (Å²) in [4.78, 5) is 12.6. The van der Waals surface area contributed by atoms with Crippen molar-refractivity contribution < 1.29 is 4.79 Å². The maximum atomic E-state index is 12.6. The number of thioether (sulfide) groups is 1. The summed E-state index contributed by atoms with van der Waals surface area (Å²) in [5.41, 5.74) is 5.39. The van der Waals surface area contributed by atoms with Crippen LogP contribution in [-0.2, 0) is 18.4 Å². The summed E-state index contributed by atoms with van der Waals surface area (Å²) in [5.74, 6) is 0.768. The zero-order valence-electron chi connectivity index (χ0n) is 17.5. The molecule has 0 fully saturated rings. The molecule has 152 valence electrons. The summed E-state index contributed by atoms with van der Waals surface area (Å²) >= 11 is 1.40. The molecule has 6 nitrogen and oxygen atoms in total. The van der Waals surface area contributed by atoms with Gasteiger partial charge in [0.25, 0.3) is 0 Å². The average Bonchev–Trinajstić information content (AvgIpc) is 3.03. The van der Waals surface area contributed by atoms with Crippen molar-refractivity contribution in [2.75, 3.05) is 10.6 Å². The highest BCUT2D eigenvalue weighted by Gasteiger charge is 2.19. The number of hydrogen-bond donors (Lipinski definition) is 2. The van der Waals surface area contributed by atoms with Gasteiger partial charge in [0.1, 0.15) is 0 Å². The number of aryl methyl sites for hydroxylation is 3. The molecule has 7 heteroatoms. The number of hydrogen-bond acceptors (Lipinski definition) is 5. The summed E-state index contributed by atoms with van der Waals surface area (Å²) in [7, 11) is 1.93. The van der Waals surface area contributed by atoms with Crippen molar-refractivity contribution >= 4 is 29.0 Å².